The topological polar surface area (TPSA) is 29.9 Å². The van der Waals surface area contributed by atoms with Gasteiger partial charge in [0, 0.05) is 24.8 Å². The van der Waals surface area contributed by atoms with Crippen molar-refractivity contribution in [3.63, 3.8) is 0 Å². The maximum absolute atomic E-state index is 4.61. The van der Waals surface area contributed by atoms with Crippen LogP contribution < -0.4 is 5.32 Å². The van der Waals surface area contributed by atoms with E-state index in [-0.39, 0.29) is 5.54 Å². The molecule has 0 radical (unpaired) electrons. The van der Waals surface area contributed by atoms with Gasteiger partial charge >= 0.3 is 0 Å². The second kappa shape index (κ2) is 6.37. The smallest absolute Gasteiger partial charge is 0.0762 e. The Morgan fingerprint density at radius 3 is 2.50 bits per heavy atom. The Morgan fingerprint density at radius 2 is 1.94 bits per heavy atom. The first-order valence-corrected chi connectivity index (χ1v) is 7.03. The van der Waals surface area contributed by atoms with Gasteiger partial charge in [0.15, 0.2) is 0 Å². The number of nitrogens with zero attached hydrogens (tertiary/aromatic N) is 2. The summed E-state index contributed by atoms with van der Waals surface area (Å²) >= 11 is 0. The number of nitrogens with one attached hydrogen (secondary N) is 1. The largest absolute Gasteiger partial charge is 0.306 e. The fourth-order valence-electron chi connectivity index (χ4n) is 2.15. The lowest BCUT2D eigenvalue weighted by atomic mass is 9.99. The molecule has 1 aromatic rings. The quantitative estimate of drug-likeness (QED) is 0.839. The van der Waals surface area contributed by atoms with Crippen LogP contribution >= 0.6 is 0 Å². The van der Waals surface area contributed by atoms with E-state index < -0.39 is 0 Å². The van der Waals surface area contributed by atoms with Crippen LogP contribution in [0.2, 0.25) is 0 Å². The van der Waals surface area contributed by atoms with Gasteiger partial charge < -0.3 is 5.32 Å². The number of hydrogen-bond donors (Lipinski definition) is 1. The fourth-order valence-corrected chi connectivity index (χ4v) is 2.15. The molecule has 1 heterocycles. The predicted molar refractivity (Wildman–Crippen MR) is 77.4 cm³/mol. The fraction of sp³-hybridized carbons (Fsp3) is 0.800. The maximum Gasteiger partial charge on any atom is 0.0762 e. The number of rotatable bonds is 6. The Labute approximate surface area is 112 Å². The van der Waals surface area contributed by atoms with Gasteiger partial charge in [-0.1, -0.05) is 20.8 Å². The van der Waals surface area contributed by atoms with Crippen LogP contribution in [0.1, 0.15) is 53.7 Å². The maximum atomic E-state index is 4.61. The van der Waals surface area contributed by atoms with E-state index >= 15 is 0 Å². The first-order chi connectivity index (χ1) is 8.26. The van der Waals surface area contributed by atoms with E-state index in [2.05, 4.69) is 68.9 Å². The van der Waals surface area contributed by atoms with Gasteiger partial charge in [0.25, 0.3) is 0 Å². The van der Waals surface area contributed by atoms with Crippen molar-refractivity contribution in [2.45, 2.75) is 66.6 Å². The molecule has 104 valence electrons. The van der Waals surface area contributed by atoms with E-state index in [1.807, 2.05) is 0 Å². The van der Waals surface area contributed by atoms with Gasteiger partial charge in [0.1, 0.15) is 0 Å². The van der Waals surface area contributed by atoms with Gasteiger partial charge in [0.05, 0.1) is 5.69 Å². The summed E-state index contributed by atoms with van der Waals surface area (Å²) < 4.78 is 2.08. The molecule has 0 aliphatic carbocycles. The second-order valence-electron chi connectivity index (χ2n) is 6.87. The molecule has 1 atom stereocenters. The summed E-state index contributed by atoms with van der Waals surface area (Å²) in [5.74, 6) is 1.45. The van der Waals surface area contributed by atoms with Crippen molar-refractivity contribution in [2.24, 2.45) is 11.8 Å². The van der Waals surface area contributed by atoms with E-state index in [1.165, 1.54) is 6.42 Å². The van der Waals surface area contributed by atoms with Crippen LogP contribution in [0, 0.1) is 11.8 Å². The summed E-state index contributed by atoms with van der Waals surface area (Å²) in [6, 6.07) is 2.11. The Hall–Kier alpha value is -0.830. The molecule has 1 aromatic heterocycles. The Morgan fingerprint density at radius 1 is 1.28 bits per heavy atom. The monoisotopic (exact) mass is 251 g/mol. The van der Waals surface area contributed by atoms with Gasteiger partial charge in [-0.25, -0.2) is 0 Å². The zero-order valence-electron chi connectivity index (χ0n) is 12.8. The number of hydrogen-bond acceptors (Lipinski definition) is 2. The molecule has 1 N–H and O–H groups in total. The average molecular weight is 251 g/mol. The van der Waals surface area contributed by atoms with Gasteiger partial charge in [-0.3, -0.25) is 4.68 Å². The molecule has 0 bridgehead atoms. The first-order valence-electron chi connectivity index (χ1n) is 7.03. The summed E-state index contributed by atoms with van der Waals surface area (Å²) in [6.07, 6.45) is 3.35. The van der Waals surface area contributed by atoms with Crippen LogP contribution in [-0.2, 0) is 13.1 Å². The highest BCUT2D eigenvalue weighted by atomic mass is 15.3. The van der Waals surface area contributed by atoms with Crippen molar-refractivity contribution in [2.75, 3.05) is 0 Å². The minimum Gasteiger partial charge on any atom is -0.306 e. The minimum atomic E-state index is 0.148. The Bertz CT molecular complexity index is 347. The summed E-state index contributed by atoms with van der Waals surface area (Å²) in [5.41, 5.74) is 1.27. The SMILES string of the molecule is CC(C)CC(C)Cn1ccc(CNC(C)(C)C)n1. The lowest BCUT2D eigenvalue weighted by Gasteiger charge is -2.19. The molecular weight excluding hydrogens is 222 g/mol. The van der Waals surface area contributed by atoms with E-state index in [0.717, 1.165) is 24.7 Å². The van der Waals surface area contributed by atoms with Crippen molar-refractivity contribution in [1.82, 2.24) is 15.1 Å². The van der Waals surface area contributed by atoms with Gasteiger partial charge in [0.2, 0.25) is 0 Å². The third kappa shape index (κ3) is 6.20. The van der Waals surface area contributed by atoms with Crippen LogP contribution in [0.15, 0.2) is 12.3 Å². The zero-order chi connectivity index (χ0) is 13.8. The van der Waals surface area contributed by atoms with Crippen molar-refractivity contribution in [3.8, 4) is 0 Å². The normalized spacial score (nSPS) is 14.2. The molecule has 0 amide bonds. The molecule has 3 nitrogen and oxygen atoms in total. The summed E-state index contributed by atoms with van der Waals surface area (Å²) in [5, 5.41) is 8.08. The highest BCUT2D eigenvalue weighted by molar-refractivity contribution is 4.99. The lowest BCUT2D eigenvalue weighted by molar-refractivity contribution is 0.369. The van der Waals surface area contributed by atoms with Crippen LogP contribution in [0.25, 0.3) is 0 Å². The molecule has 1 rings (SSSR count). The molecule has 0 aromatic carbocycles. The third-order valence-electron chi connectivity index (χ3n) is 2.87. The molecule has 0 saturated carbocycles. The molecule has 0 aliphatic rings. The Kier molecular flexibility index (Phi) is 5.39. The van der Waals surface area contributed by atoms with Gasteiger partial charge in [-0.15, -0.1) is 0 Å². The third-order valence-corrected chi connectivity index (χ3v) is 2.87. The molecule has 0 aliphatic heterocycles. The van der Waals surface area contributed by atoms with Crippen LogP contribution in [0.5, 0.6) is 0 Å². The predicted octanol–water partition coefficient (Wildman–Crippen LogP) is 3.45. The summed E-state index contributed by atoms with van der Waals surface area (Å²) in [6.45, 7) is 15.2. The molecule has 0 saturated heterocycles. The highest BCUT2D eigenvalue weighted by Crippen LogP contribution is 2.13. The van der Waals surface area contributed by atoms with Crippen LogP contribution in [-0.4, -0.2) is 15.3 Å². The van der Waals surface area contributed by atoms with Crippen molar-refractivity contribution < 1.29 is 0 Å². The van der Waals surface area contributed by atoms with Crippen molar-refractivity contribution in [3.05, 3.63) is 18.0 Å². The highest BCUT2D eigenvalue weighted by Gasteiger charge is 2.10. The zero-order valence-corrected chi connectivity index (χ0v) is 12.8. The second-order valence-corrected chi connectivity index (χ2v) is 6.87. The Balaban J connectivity index is 2.43. The van der Waals surface area contributed by atoms with E-state index in [9.17, 15) is 0 Å². The van der Waals surface area contributed by atoms with Crippen molar-refractivity contribution in [1.29, 1.82) is 0 Å². The van der Waals surface area contributed by atoms with Gasteiger partial charge in [-0.05, 0) is 45.1 Å². The summed E-state index contributed by atoms with van der Waals surface area (Å²) in [7, 11) is 0. The summed E-state index contributed by atoms with van der Waals surface area (Å²) in [4.78, 5) is 0. The van der Waals surface area contributed by atoms with Gasteiger partial charge in [-0.2, -0.15) is 5.10 Å². The van der Waals surface area contributed by atoms with E-state index in [4.69, 9.17) is 0 Å². The first kappa shape index (κ1) is 15.2. The van der Waals surface area contributed by atoms with E-state index in [1.54, 1.807) is 0 Å². The molecular formula is C15H29N3. The van der Waals surface area contributed by atoms with Crippen molar-refractivity contribution >= 4 is 0 Å². The molecule has 0 fully saturated rings. The molecule has 0 spiro atoms. The average Bonchev–Trinajstić information content (AvgIpc) is 2.60. The molecule has 3 heteroatoms. The van der Waals surface area contributed by atoms with Crippen LogP contribution in [0.3, 0.4) is 0 Å². The standard InChI is InChI=1S/C15H29N3/c1-12(2)9-13(3)11-18-8-7-14(17-18)10-16-15(4,5)6/h7-8,12-13,16H,9-11H2,1-6H3. The molecule has 18 heavy (non-hydrogen) atoms. The lowest BCUT2D eigenvalue weighted by Crippen LogP contribution is -2.35. The van der Waals surface area contributed by atoms with Crippen LogP contribution in [0.4, 0.5) is 0 Å². The minimum absolute atomic E-state index is 0.148. The number of aromatic nitrogens is 2. The molecule has 1 unspecified atom stereocenters. The van der Waals surface area contributed by atoms with E-state index in [0.29, 0.717) is 5.92 Å².